The molecule has 0 atom stereocenters. The van der Waals surface area contributed by atoms with Crippen LogP contribution in [0.5, 0.6) is 0 Å². The molecule has 0 aromatic rings. The minimum absolute atomic E-state index is 0.174. The molecule has 0 N–H and O–H groups in total. The largest absolute Gasteiger partial charge is 0.464 e. The Morgan fingerprint density at radius 2 is 1.94 bits per heavy atom. The second kappa shape index (κ2) is 12.2. The predicted molar refractivity (Wildman–Crippen MR) is 65.1 cm³/mol. The van der Waals surface area contributed by atoms with Gasteiger partial charge in [-0.15, -0.1) is 0 Å². The first-order chi connectivity index (χ1) is 7.85. The first-order valence-electron chi connectivity index (χ1n) is 6.21. The summed E-state index contributed by atoms with van der Waals surface area (Å²) in [4.78, 5) is 10.6. The standard InChI is InChI=1S/C13H24O3/c1-3-5-6-7-8-9-13(11-14)16-12-15-10-4-2/h9,11H,3-8,10,12H2,1-2H3. The van der Waals surface area contributed by atoms with E-state index in [-0.39, 0.29) is 6.79 Å². The third-order valence-electron chi connectivity index (χ3n) is 2.18. The van der Waals surface area contributed by atoms with Gasteiger partial charge in [0.25, 0.3) is 0 Å². The third-order valence-corrected chi connectivity index (χ3v) is 2.18. The number of aldehydes is 1. The van der Waals surface area contributed by atoms with Crippen molar-refractivity contribution in [3.63, 3.8) is 0 Å². The molecule has 0 amide bonds. The van der Waals surface area contributed by atoms with Gasteiger partial charge in [-0.3, -0.25) is 4.79 Å². The van der Waals surface area contributed by atoms with Crippen LogP contribution in [0.4, 0.5) is 0 Å². The summed E-state index contributed by atoms with van der Waals surface area (Å²) in [6, 6.07) is 0. The van der Waals surface area contributed by atoms with Crippen LogP contribution < -0.4 is 0 Å². The lowest BCUT2D eigenvalue weighted by Gasteiger charge is -2.05. The molecular weight excluding hydrogens is 204 g/mol. The number of hydrogen-bond acceptors (Lipinski definition) is 3. The molecule has 0 radical (unpaired) electrons. The molecule has 0 unspecified atom stereocenters. The van der Waals surface area contributed by atoms with Crippen LogP contribution in [0, 0.1) is 0 Å². The molecule has 0 saturated carbocycles. The molecule has 0 rings (SSSR count). The van der Waals surface area contributed by atoms with Gasteiger partial charge in [-0.2, -0.15) is 0 Å². The van der Waals surface area contributed by atoms with E-state index in [0.717, 1.165) is 25.5 Å². The van der Waals surface area contributed by atoms with Crippen molar-refractivity contribution in [2.45, 2.75) is 52.4 Å². The highest BCUT2D eigenvalue weighted by Gasteiger charge is 1.95. The van der Waals surface area contributed by atoms with E-state index in [4.69, 9.17) is 9.47 Å². The molecule has 0 aliphatic carbocycles. The summed E-state index contributed by atoms with van der Waals surface area (Å²) in [7, 11) is 0. The molecule has 3 nitrogen and oxygen atoms in total. The summed E-state index contributed by atoms with van der Waals surface area (Å²) in [5, 5.41) is 0. The summed E-state index contributed by atoms with van der Waals surface area (Å²) in [6.07, 6.45) is 9.27. The van der Waals surface area contributed by atoms with E-state index in [1.54, 1.807) is 0 Å². The Bertz CT molecular complexity index is 188. The molecule has 0 aromatic heterocycles. The molecule has 0 aliphatic rings. The molecule has 0 spiro atoms. The highest BCUT2D eigenvalue weighted by atomic mass is 16.7. The average molecular weight is 228 g/mol. The van der Waals surface area contributed by atoms with E-state index in [2.05, 4.69) is 6.92 Å². The van der Waals surface area contributed by atoms with Crippen molar-refractivity contribution in [1.29, 1.82) is 0 Å². The number of rotatable bonds is 11. The van der Waals surface area contributed by atoms with E-state index in [9.17, 15) is 4.79 Å². The fourth-order valence-electron chi connectivity index (χ4n) is 1.27. The van der Waals surface area contributed by atoms with Gasteiger partial charge in [0.05, 0.1) is 6.61 Å². The lowest BCUT2D eigenvalue weighted by atomic mass is 10.1. The second-order valence-electron chi connectivity index (χ2n) is 3.74. The van der Waals surface area contributed by atoms with Crippen molar-refractivity contribution in [2.24, 2.45) is 0 Å². The first-order valence-corrected chi connectivity index (χ1v) is 6.21. The fraction of sp³-hybridized carbons (Fsp3) is 0.769. The number of ether oxygens (including phenoxy) is 2. The topological polar surface area (TPSA) is 35.5 Å². The molecule has 0 aromatic carbocycles. The Morgan fingerprint density at radius 1 is 1.12 bits per heavy atom. The number of carbonyl (C=O) groups excluding carboxylic acids is 1. The zero-order valence-electron chi connectivity index (χ0n) is 10.5. The maximum absolute atomic E-state index is 10.6. The van der Waals surface area contributed by atoms with Crippen molar-refractivity contribution in [1.82, 2.24) is 0 Å². The second-order valence-corrected chi connectivity index (χ2v) is 3.74. The van der Waals surface area contributed by atoms with E-state index < -0.39 is 0 Å². The zero-order chi connectivity index (χ0) is 12.1. The minimum atomic E-state index is 0.174. The third kappa shape index (κ3) is 9.71. The van der Waals surface area contributed by atoms with Crippen molar-refractivity contribution in [3.8, 4) is 0 Å². The monoisotopic (exact) mass is 228 g/mol. The summed E-state index contributed by atoms with van der Waals surface area (Å²) >= 11 is 0. The summed E-state index contributed by atoms with van der Waals surface area (Å²) in [5.41, 5.74) is 0. The quantitative estimate of drug-likeness (QED) is 0.179. The van der Waals surface area contributed by atoms with E-state index in [1.165, 1.54) is 19.3 Å². The van der Waals surface area contributed by atoms with Crippen LogP contribution in [0.1, 0.15) is 52.4 Å². The molecular formula is C13H24O3. The predicted octanol–water partition coefficient (Wildman–Crippen LogP) is 3.44. The Kier molecular flexibility index (Phi) is 11.6. The van der Waals surface area contributed by atoms with Gasteiger partial charge < -0.3 is 9.47 Å². The summed E-state index contributed by atoms with van der Waals surface area (Å²) < 4.78 is 10.3. The highest BCUT2D eigenvalue weighted by Crippen LogP contribution is 2.05. The van der Waals surface area contributed by atoms with Crippen molar-refractivity contribution in [2.75, 3.05) is 13.4 Å². The van der Waals surface area contributed by atoms with Gasteiger partial charge in [-0.25, -0.2) is 0 Å². The van der Waals surface area contributed by atoms with Gasteiger partial charge in [-0.1, -0.05) is 33.1 Å². The molecule has 3 heteroatoms. The van der Waals surface area contributed by atoms with Gasteiger partial charge >= 0.3 is 0 Å². The van der Waals surface area contributed by atoms with Crippen LogP contribution in [0.2, 0.25) is 0 Å². The summed E-state index contributed by atoms with van der Waals surface area (Å²) in [6.45, 7) is 5.06. The van der Waals surface area contributed by atoms with Gasteiger partial charge in [0.15, 0.2) is 18.8 Å². The van der Waals surface area contributed by atoms with E-state index in [0.29, 0.717) is 12.4 Å². The number of carbonyl (C=O) groups is 1. The van der Waals surface area contributed by atoms with Crippen molar-refractivity contribution in [3.05, 3.63) is 11.8 Å². The van der Waals surface area contributed by atoms with Gasteiger partial charge in [0, 0.05) is 0 Å². The van der Waals surface area contributed by atoms with Gasteiger partial charge in [0.1, 0.15) is 0 Å². The van der Waals surface area contributed by atoms with Crippen molar-refractivity contribution >= 4 is 6.29 Å². The summed E-state index contributed by atoms with van der Waals surface area (Å²) in [5.74, 6) is 0.396. The number of unbranched alkanes of at least 4 members (excludes halogenated alkanes) is 4. The van der Waals surface area contributed by atoms with Crippen LogP contribution in [-0.2, 0) is 14.3 Å². The average Bonchev–Trinajstić information content (AvgIpc) is 2.31. The SMILES string of the molecule is CCCCCCC=C(C=O)OCOCCC. The smallest absolute Gasteiger partial charge is 0.189 e. The highest BCUT2D eigenvalue weighted by molar-refractivity contribution is 5.69. The van der Waals surface area contributed by atoms with Crippen LogP contribution >= 0.6 is 0 Å². The van der Waals surface area contributed by atoms with E-state index in [1.807, 2.05) is 13.0 Å². The Labute approximate surface area is 98.8 Å². The van der Waals surface area contributed by atoms with Gasteiger partial charge in [0.2, 0.25) is 0 Å². The normalized spacial score (nSPS) is 11.5. The zero-order valence-corrected chi connectivity index (χ0v) is 10.5. The molecule has 94 valence electrons. The Balaban J connectivity index is 3.54. The molecule has 0 bridgehead atoms. The van der Waals surface area contributed by atoms with Crippen LogP contribution in [-0.4, -0.2) is 19.7 Å². The molecule has 0 saturated heterocycles. The van der Waals surface area contributed by atoms with E-state index >= 15 is 0 Å². The van der Waals surface area contributed by atoms with Gasteiger partial charge in [-0.05, 0) is 25.3 Å². The van der Waals surface area contributed by atoms with Crippen LogP contribution in [0.15, 0.2) is 11.8 Å². The number of allylic oxidation sites excluding steroid dienone is 2. The number of hydrogen-bond donors (Lipinski definition) is 0. The van der Waals surface area contributed by atoms with Crippen molar-refractivity contribution < 1.29 is 14.3 Å². The maximum Gasteiger partial charge on any atom is 0.189 e. The lowest BCUT2D eigenvalue weighted by Crippen LogP contribution is -2.01. The van der Waals surface area contributed by atoms with Crippen LogP contribution in [0.3, 0.4) is 0 Å². The first kappa shape index (κ1) is 15.2. The van der Waals surface area contributed by atoms with Crippen LogP contribution in [0.25, 0.3) is 0 Å². The molecule has 0 fully saturated rings. The fourth-order valence-corrected chi connectivity index (χ4v) is 1.27. The minimum Gasteiger partial charge on any atom is -0.464 e. The lowest BCUT2D eigenvalue weighted by molar-refractivity contribution is -0.111. The maximum atomic E-state index is 10.6. The Morgan fingerprint density at radius 3 is 2.56 bits per heavy atom. The molecule has 0 heterocycles. The molecule has 16 heavy (non-hydrogen) atoms. The molecule has 0 aliphatic heterocycles. The Hall–Kier alpha value is -0.830.